The molecule has 0 aliphatic carbocycles. The Morgan fingerprint density at radius 1 is 1.32 bits per heavy atom. The predicted octanol–water partition coefficient (Wildman–Crippen LogP) is 3.15. The van der Waals surface area contributed by atoms with Gasteiger partial charge in [0.1, 0.15) is 8.07 Å². The van der Waals surface area contributed by atoms with Crippen molar-refractivity contribution < 1.29 is 22.8 Å². The van der Waals surface area contributed by atoms with Gasteiger partial charge >= 0.3 is 6.18 Å². The zero-order chi connectivity index (χ0) is 16.8. The number of halogens is 3. The second-order valence-electron chi connectivity index (χ2n) is 5.70. The second kappa shape index (κ2) is 7.47. The lowest BCUT2D eigenvalue weighted by Crippen LogP contribution is -2.17. The Labute approximate surface area is 128 Å². The summed E-state index contributed by atoms with van der Waals surface area (Å²) < 4.78 is 38.4. The van der Waals surface area contributed by atoms with E-state index in [1.54, 1.807) is 0 Å². The van der Waals surface area contributed by atoms with Gasteiger partial charge in [0, 0.05) is 5.56 Å². The molecule has 1 rings (SSSR count). The third-order valence-electron chi connectivity index (χ3n) is 2.61. The van der Waals surface area contributed by atoms with Crippen LogP contribution in [0.2, 0.25) is 19.6 Å². The summed E-state index contributed by atoms with van der Waals surface area (Å²) in [5.74, 6) is 2.87. The molecule has 1 N–H and O–H groups in total. The summed E-state index contributed by atoms with van der Waals surface area (Å²) in [6.07, 6.45) is -3.66. The molecule has 0 saturated heterocycles. The van der Waals surface area contributed by atoms with E-state index in [-0.39, 0.29) is 6.61 Å². The number of carbonyl (C=O) groups excluding carboxylic acids is 1. The van der Waals surface area contributed by atoms with E-state index in [1.165, 1.54) is 6.07 Å². The van der Waals surface area contributed by atoms with Gasteiger partial charge in [0.2, 0.25) is 6.41 Å². The van der Waals surface area contributed by atoms with Crippen molar-refractivity contribution in [1.29, 1.82) is 0 Å². The third-order valence-corrected chi connectivity index (χ3v) is 3.49. The molecule has 0 bridgehead atoms. The summed E-state index contributed by atoms with van der Waals surface area (Å²) in [5.41, 5.74) is 5.40. The van der Waals surface area contributed by atoms with Crippen LogP contribution >= 0.6 is 0 Å². The molecule has 3 nitrogen and oxygen atoms in total. The highest BCUT2D eigenvalue weighted by Gasteiger charge is 2.30. The van der Waals surface area contributed by atoms with Crippen LogP contribution < -0.4 is 5.48 Å². The molecule has 0 saturated carbocycles. The van der Waals surface area contributed by atoms with E-state index in [4.69, 9.17) is 4.84 Å². The average Bonchev–Trinajstić information content (AvgIpc) is 2.40. The molecule has 1 aromatic rings. The Kier molecular flexibility index (Phi) is 6.20. The van der Waals surface area contributed by atoms with Gasteiger partial charge < -0.3 is 0 Å². The van der Waals surface area contributed by atoms with Crippen molar-refractivity contribution in [3.8, 4) is 11.5 Å². The fraction of sp³-hybridized carbons (Fsp3) is 0.400. The molecule has 1 aromatic carbocycles. The number of alkyl halides is 3. The first-order valence-corrected chi connectivity index (χ1v) is 10.2. The number of hydrogen-bond donors (Lipinski definition) is 1. The van der Waals surface area contributed by atoms with Gasteiger partial charge in [-0.1, -0.05) is 31.6 Å². The highest BCUT2D eigenvalue weighted by Crippen LogP contribution is 2.30. The number of nitrogens with one attached hydrogen (secondary N) is 1. The van der Waals surface area contributed by atoms with E-state index in [0.717, 1.165) is 12.1 Å². The van der Waals surface area contributed by atoms with Crippen LogP contribution in [-0.2, 0) is 22.2 Å². The van der Waals surface area contributed by atoms with Crippen LogP contribution in [0.15, 0.2) is 18.2 Å². The summed E-state index contributed by atoms with van der Waals surface area (Å²) in [6, 6.07) is 3.50. The number of hydrogen-bond acceptors (Lipinski definition) is 2. The number of carbonyl (C=O) groups is 1. The van der Waals surface area contributed by atoms with Crippen LogP contribution in [-0.4, -0.2) is 21.1 Å². The van der Waals surface area contributed by atoms with Gasteiger partial charge in [-0.25, -0.2) is 5.48 Å². The molecule has 0 spiro atoms. The Balaban J connectivity index is 3.08. The quantitative estimate of drug-likeness (QED) is 0.296. The third kappa shape index (κ3) is 6.33. The fourth-order valence-electron chi connectivity index (χ4n) is 1.60. The largest absolute Gasteiger partial charge is 0.416 e. The lowest BCUT2D eigenvalue weighted by molar-refractivity contribution is -0.137. The van der Waals surface area contributed by atoms with Crippen LogP contribution in [0, 0.1) is 11.5 Å². The maximum absolute atomic E-state index is 12.8. The monoisotopic (exact) mass is 329 g/mol. The summed E-state index contributed by atoms with van der Waals surface area (Å²) in [7, 11) is -1.70. The second-order valence-corrected chi connectivity index (χ2v) is 10.5. The first-order chi connectivity index (χ1) is 10.1. The minimum Gasteiger partial charge on any atom is -0.277 e. The Morgan fingerprint density at radius 2 is 2.00 bits per heavy atom. The van der Waals surface area contributed by atoms with Crippen molar-refractivity contribution in [2.45, 2.75) is 32.2 Å². The maximum atomic E-state index is 12.8. The molecular formula is C15H18F3NO2Si. The fourth-order valence-corrected chi connectivity index (χ4v) is 2.11. The highest BCUT2D eigenvalue weighted by molar-refractivity contribution is 6.83. The van der Waals surface area contributed by atoms with Crippen LogP contribution in [0.3, 0.4) is 0 Å². The molecule has 0 aliphatic heterocycles. The number of hydroxylamine groups is 1. The molecule has 0 atom stereocenters. The Bertz CT molecular complexity index is 583. The number of rotatable bonds is 5. The normalized spacial score (nSPS) is 11.5. The molecule has 0 radical (unpaired) electrons. The minimum absolute atomic E-state index is 0.158. The Morgan fingerprint density at radius 3 is 2.55 bits per heavy atom. The van der Waals surface area contributed by atoms with Crippen molar-refractivity contribution in [2.75, 3.05) is 6.61 Å². The van der Waals surface area contributed by atoms with Crippen LogP contribution in [0.1, 0.15) is 16.7 Å². The van der Waals surface area contributed by atoms with E-state index < -0.39 is 19.8 Å². The van der Waals surface area contributed by atoms with Gasteiger partial charge in [-0.05, 0) is 24.1 Å². The van der Waals surface area contributed by atoms with Crippen molar-refractivity contribution in [2.24, 2.45) is 0 Å². The van der Waals surface area contributed by atoms with E-state index in [9.17, 15) is 18.0 Å². The van der Waals surface area contributed by atoms with Gasteiger partial charge in [-0.2, -0.15) is 13.2 Å². The molecule has 1 amide bonds. The molecule has 0 aromatic heterocycles. The molecule has 0 heterocycles. The van der Waals surface area contributed by atoms with Gasteiger partial charge in [-0.15, -0.1) is 5.54 Å². The lowest BCUT2D eigenvalue weighted by atomic mass is 10.0. The zero-order valence-corrected chi connectivity index (χ0v) is 13.7. The predicted molar refractivity (Wildman–Crippen MR) is 80.5 cm³/mol. The summed E-state index contributed by atoms with van der Waals surface area (Å²) in [5, 5.41) is 0. The molecule has 22 heavy (non-hydrogen) atoms. The van der Waals surface area contributed by atoms with E-state index in [2.05, 4.69) is 11.5 Å². The zero-order valence-electron chi connectivity index (χ0n) is 12.7. The van der Waals surface area contributed by atoms with Crippen molar-refractivity contribution in [1.82, 2.24) is 5.48 Å². The van der Waals surface area contributed by atoms with Crippen LogP contribution in [0.25, 0.3) is 0 Å². The van der Waals surface area contributed by atoms with E-state index in [1.807, 2.05) is 25.1 Å². The SMILES string of the molecule is C[Si](C)(C)C#Cc1cc(C(F)(F)F)ccc1CCONC=O. The molecule has 0 fully saturated rings. The van der Waals surface area contributed by atoms with Crippen LogP contribution in [0.5, 0.6) is 0 Å². The first kappa shape index (κ1) is 18.3. The molecule has 0 aliphatic rings. The maximum Gasteiger partial charge on any atom is 0.416 e. The van der Waals surface area contributed by atoms with Crippen molar-refractivity contribution in [3.63, 3.8) is 0 Å². The molecule has 7 heteroatoms. The van der Waals surface area contributed by atoms with Gasteiger partial charge in [0.05, 0.1) is 12.2 Å². The standard InChI is InChI=1S/C15H18F3NO2Si/c1-22(2,3)9-7-13-10-14(15(16,17)18)5-4-12(13)6-8-21-19-11-20/h4-5,10-11H,6,8H2,1-3H3,(H,19,20). The summed E-state index contributed by atoms with van der Waals surface area (Å²) >= 11 is 0. The molecule has 0 unspecified atom stereocenters. The van der Waals surface area contributed by atoms with Gasteiger partial charge in [-0.3, -0.25) is 9.63 Å². The van der Waals surface area contributed by atoms with E-state index in [0.29, 0.717) is 24.0 Å². The number of amides is 1. The summed E-state index contributed by atoms with van der Waals surface area (Å²) in [6.45, 7) is 6.21. The highest BCUT2D eigenvalue weighted by atomic mass is 28.3. The van der Waals surface area contributed by atoms with Gasteiger partial charge in [0.25, 0.3) is 0 Å². The Hall–Kier alpha value is -1.78. The molecular weight excluding hydrogens is 311 g/mol. The topological polar surface area (TPSA) is 38.3 Å². The first-order valence-electron chi connectivity index (χ1n) is 6.68. The number of benzene rings is 1. The van der Waals surface area contributed by atoms with Gasteiger partial charge in [0.15, 0.2) is 0 Å². The van der Waals surface area contributed by atoms with Crippen molar-refractivity contribution >= 4 is 14.5 Å². The average molecular weight is 329 g/mol. The minimum atomic E-state index is -4.40. The van der Waals surface area contributed by atoms with Crippen molar-refractivity contribution in [3.05, 3.63) is 34.9 Å². The molecule has 120 valence electrons. The smallest absolute Gasteiger partial charge is 0.277 e. The van der Waals surface area contributed by atoms with E-state index >= 15 is 0 Å². The summed E-state index contributed by atoms with van der Waals surface area (Å²) in [4.78, 5) is 14.9. The van der Waals surface area contributed by atoms with Crippen LogP contribution in [0.4, 0.5) is 13.2 Å². The lowest BCUT2D eigenvalue weighted by Gasteiger charge is -2.11.